The summed E-state index contributed by atoms with van der Waals surface area (Å²) in [5, 5.41) is 11.1. The molecule has 0 saturated carbocycles. The molecule has 2 aromatic carbocycles. The molecular weight excluding hydrogens is 420 g/mol. The summed E-state index contributed by atoms with van der Waals surface area (Å²) in [4.78, 5) is 24.3. The van der Waals surface area contributed by atoms with Crippen LogP contribution < -0.4 is 0 Å². The molecule has 1 atom stereocenters. The van der Waals surface area contributed by atoms with Crippen LogP contribution in [0.4, 0.5) is 5.69 Å². The van der Waals surface area contributed by atoms with Gasteiger partial charge >= 0.3 is 0 Å². The number of amides is 1. The van der Waals surface area contributed by atoms with E-state index >= 15 is 0 Å². The highest BCUT2D eigenvalue weighted by Crippen LogP contribution is 2.26. The summed E-state index contributed by atoms with van der Waals surface area (Å²) in [7, 11) is -5.65. The number of carbonyl (C=O) groups excluding carboxylic acids is 1. The van der Waals surface area contributed by atoms with Crippen molar-refractivity contribution in [3.63, 3.8) is 0 Å². The topological polar surface area (TPSA) is 132 Å². The Hall–Kier alpha value is -2.79. The van der Waals surface area contributed by atoms with Gasteiger partial charge in [0.2, 0.25) is 0 Å². The van der Waals surface area contributed by atoms with Crippen molar-refractivity contribution in [2.75, 3.05) is 19.6 Å². The minimum Gasteiger partial charge on any atom is -0.335 e. The number of nitro benzene ring substituents is 1. The lowest BCUT2D eigenvalue weighted by molar-refractivity contribution is -0.385. The molecule has 0 aliphatic rings. The van der Waals surface area contributed by atoms with Crippen LogP contribution in [-0.2, 0) is 19.7 Å². The van der Waals surface area contributed by atoms with Crippen LogP contribution in [0.1, 0.15) is 28.9 Å². The monoisotopic (exact) mass is 440 g/mol. The zero-order valence-electron chi connectivity index (χ0n) is 16.2. The number of benzene rings is 2. The van der Waals surface area contributed by atoms with Crippen LogP contribution in [0.5, 0.6) is 0 Å². The molecule has 29 heavy (non-hydrogen) atoms. The van der Waals surface area contributed by atoms with Gasteiger partial charge in [0.15, 0.2) is 19.7 Å². The van der Waals surface area contributed by atoms with Gasteiger partial charge in [0.05, 0.1) is 20.8 Å². The second kappa shape index (κ2) is 7.91. The summed E-state index contributed by atoms with van der Waals surface area (Å²) in [6.45, 7) is 1.70. The van der Waals surface area contributed by atoms with Gasteiger partial charge in [0.25, 0.3) is 11.6 Å². The Balaban J connectivity index is 2.41. The Morgan fingerprint density at radius 1 is 0.966 bits per heavy atom. The molecule has 2 aromatic rings. The first-order valence-electron chi connectivity index (χ1n) is 8.28. The Morgan fingerprint density at radius 3 is 1.93 bits per heavy atom. The van der Waals surface area contributed by atoms with Crippen molar-refractivity contribution in [1.29, 1.82) is 0 Å². The van der Waals surface area contributed by atoms with E-state index in [1.54, 1.807) is 19.1 Å². The highest BCUT2D eigenvalue weighted by molar-refractivity contribution is 7.91. The molecule has 0 aliphatic heterocycles. The maximum absolute atomic E-state index is 12.9. The third-order valence-electron chi connectivity index (χ3n) is 4.47. The number of nitrogens with zero attached hydrogens (tertiary/aromatic N) is 2. The van der Waals surface area contributed by atoms with Crippen molar-refractivity contribution in [1.82, 2.24) is 4.90 Å². The molecule has 0 radical (unpaired) electrons. The largest absolute Gasteiger partial charge is 0.335 e. The number of non-ortho nitro benzene ring substituents is 1. The highest BCUT2D eigenvalue weighted by Gasteiger charge is 2.24. The molecule has 0 heterocycles. The lowest BCUT2D eigenvalue weighted by atomic mass is 10.1. The maximum atomic E-state index is 12.9. The second-order valence-corrected chi connectivity index (χ2v) is 10.7. The van der Waals surface area contributed by atoms with Gasteiger partial charge in [-0.25, -0.2) is 16.8 Å². The van der Waals surface area contributed by atoms with Gasteiger partial charge in [0, 0.05) is 37.3 Å². The van der Waals surface area contributed by atoms with Gasteiger partial charge in [0.1, 0.15) is 0 Å². The first-order chi connectivity index (χ1) is 13.2. The van der Waals surface area contributed by atoms with Gasteiger partial charge in [-0.3, -0.25) is 14.9 Å². The zero-order valence-corrected chi connectivity index (χ0v) is 17.8. The van der Waals surface area contributed by atoms with Crippen molar-refractivity contribution in [3.05, 3.63) is 63.7 Å². The van der Waals surface area contributed by atoms with Crippen LogP contribution in [0.2, 0.25) is 0 Å². The summed E-state index contributed by atoms with van der Waals surface area (Å²) >= 11 is 0. The van der Waals surface area contributed by atoms with Crippen LogP contribution >= 0.6 is 0 Å². The molecule has 1 unspecified atom stereocenters. The SMILES string of the molecule is CC(c1ccc(S(C)(=O)=O)cc1)N(C)C(=O)c1cc([N+](=O)[O-])cc(S(C)(=O)=O)c1. The van der Waals surface area contributed by atoms with E-state index in [0.717, 1.165) is 30.7 Å². The average Bonchev–Trinajstić information content (AvgIpc) is 2.64. The minimum atomic E-state index is -3.76. The highest BCUT2D eigenvalue weighted by atomic mass is 32.2. The van der Waals surface area contributed by atoms with Gasteiger partial charge < -0.3 is 4.90 Å². The van der Waals surface area contributed by atoms with E-state index in [-0.39, 0.29) is 15.4 Å². The predicted octanol–water partition coefficient (Wildman–Crippen LogP) is 2.24. The van der Waals surface area contributed by atoms with Crippen LogP contribution in [0, 0.1) is 10.1 Å². The van der Waals surface area contributed by atoms with Crippen molar-refractivity contribution in [2.45, 2.75) is 22.8 Å². The first-order valence-corrected chi connectivity index (χ1v) is 12.1. The van der Waals surface area contributed by atoms with E-state index in [1.165, 1.54) is 24.1 Å². The van der Waals surface area contributed by atoms with Gasteiger partial charge in [-0.05, 0) is 30.7 Å². The standard InChI is InChI=1S/C18H20N2O7S2/c1-12(13-5-7-16(8-6-13)28(3,24)25)19(2)18(21)14-9-15(20(22)23)11-17(10-14)29(4,26)27/h5-12H,1-4H3. The van der Waals surface area contributed by atoms with Crippen molar-refractivity contribution in [3.8, 4) is 0 Å². The molecule has 0 aromatic heterocycles. The Morgan fingerprint density at radius 2 is 1.48 bits per heavy atom. The Bertz CT molecular complexity index is 1170. The average molecular weight is 440 g/mol. The second-order valence-electron chi connectivity index (χ2n) is 6.68. The van der Waals surface area contributed by atoms with Gasteiger partial charge in [-0.15, -0.1) is 0 Å². The van der Waals surface area contributed by atoms with Crippen molar-refractivity contribution >= 4 is 31.3 Å². The molecule has 2 rings (SSSR count). The fraction of sp³-hybridized carbons (Fsp3) is 0.278. The predicted molar refractivity (Wildman–Crippen MR) is 106 cm³/mol. The maximum Gasteiger partial charge on any atom is 0.271 e. The smallest absolute Gasteiger partial charge is 0.271 e. The number of nitro groups is 1. The number of hydrogen-bond acceptors (Lipinski definition) is 7. The van der Waals surface area contributed by atoms with Crippen LogP contribution in [-0.4, -0.2) is 52.1 Å². The molecule has 156 valence electrons. The molecule has 0 spiro atoms. The minimum absolute atomic E-state index is 0.137. The Kier molecular flexibility index (Phi) is 6.14. The molecule has 11 heteroatoms. The molecule has 0 N–H and O–H groups in total. The number of carbonyl (C=O) groups is 1. The fourth-order valence-corrected chi connectivity index (χ4v) is 3.93. The Labute approximate surface area is 169 Å². The summed E-state index contributed by atoms with van der Waals surface area (Å²) in [5.41, 5.74) is -0.00131. The number of sulfone groups is 2. The van der Waals surface area contributed by atoms with Crippen LogP contribution in [0.3, 0.4) is 0 Å². The molecule has 9 nitrogen and oxygen atoms in total. The number of hydrogen-bond donors (Lipinski definition) is 0. The van der Waals surface area contributed by atoms with Crippen LogP contribution in [0.15, 0.2) is 52.3 Å². The molecular formula is C18H20N2O7S2. The van der Waals surface area contributed by atoms with E-state index in [2.05, 4.69) is 0 Å². The first kappa shape index (κ1) is 22.5. The lowest BCUT2D eigenvalue weighted by Crippen LogP contribution is -2.30. The van der Waals surface area contributed by atoms with Crippen molar-refractivity contribution < 1.29 is 26.6 Å². The summed E-state index contributed by atoms with van der Waals surface area (Å²) in [5.74, 6) is -0.613. The summed E-state index contributed by atoms with van der Waals surface area (Å²) in [6.07, 6.45) is 1.98. The van der Waals surface area contributed by atoms with E-state index in [0.29, 0.717) is 5.56 Å². The normalized spacial score (nSPS) is 13.0. The molecule has 1 amide bonds. The third-order valence-corrected chi connectivity index (χ3v) is 6.69. The van der Waals surface area contributed by atoms with E-state index in [4.69, 9.17) is 0 Å². The zero-order chi connectivity index (χ0) is 22.1. The lowest BCUT2D eigenvalue weighted by Gasteiger charge is -2.25. The molecule has 0 fully saturated rings. The van der Waals surface area contributed by atoms with Crippen molar-refractivity contribution in [2.24, 2.45) is 0 Å². The van der Waals surface area contributed by atoms with Crippen LogP contribution in [0.25, 0.3) is 0 Å². The van der Waals surface area contributed by atoms with E-state index in [9.17, 15) is 31.7 Å². The van der Waals surface area contributed by atoms with Gasteiger partial charge in [-0.1, -0.05) is 12.1 Å². The van der Waals surface area contributed by atoms with Gasteiger partial charge in [-0.2, -0.15) is 0 Å². The third kappa shape index (κ3) is 5.18. The molecule has 0 bridgehead atoms. The fourth-order valence-electron chi connectivity index (χ4n) is 2.62. The van der Waals surface area contributed by atoms with E-state index < -0.39 is 42.2 Å². The summed E-state index contributed by atoms with van der Waals surface area (Å²) in [6, 6.07) is 8.51. The van der Waals surface area contributed by atoms with E-state index in [1.807, 2.05) is 0 Å². The summed E-state index contributed by atoms with van der Waals surface area (Å²) < 4.78 is 46.8. The molecule has 0 saturated heterocycles. The quantitative estimate of drug-likeness (QED) is 0.497. The number of rotatable bonds is 6. The molecule has 0 aliphatic carbocycles.